The Hall–Kier alpha value is -3.14. The zero-order chi connectivity index (χ0) is 17.6. The molecule has 4 nitrogen and oxygen atoms in total. The highest BCUT2D eigenvalue weighted by molar-refractivity contribution is 6.09. The minimum atomic E-state index is -0.394. The summed E-state index contributed by atoms with van der Waals surface area (Å²) in [6.07, 6.45) is 0. The predicted molar refractivity (Wildman–Crippen MR) is 96.2 cm³/mol. The molecule has 3 aromatic carbocycles. The molecule has 0 aliphatic heterocycles. The van der Waals surface area contributed by atoms with Gasteiger partial charge >= 0.3 is 5.97 Å². The van der Waals surface area contributed by atoms with Crippen LogP contribution in [-0.2, 0) is 4.74 Å². The van der Waals surface area contributed by atoms with E-state index in [0.717, 1.165) is 10.8 Å². The second-order valence-electron chi connectivity index (χ2n) is 5.57. The Morgan fingerprint density at radius 2 is 1.56 bits per heavy atom. The van der Waals surface area contributed by atoms with Crippen molar-refractivity contribution < 1.29 is 19.1 Å². The van der Waals surface area contributed by atoms with Crippen molar-refractivity contribution in [2.24, 2.45) is 0 Å². The van der Waals surface area contributed by atoms with Crippen molar-refractivity contribution in [2.45, 2.75) is 6.92 Å². The molecule has 0 spiro atoms. The number of hydrogen-bond acceptors (Lipinski definition) is 4. The highest BCUT2D eigenvalue weighted by atomic mass is 16.6. The summed E-state index contributed by atoms with van der Waals surface area (Å²) in [6.45, 7) is 1.80. The Bertz CT molecular complexity index is 900. The molecule has 4 heteroatoms. The first-order chi connectivity index (χ1) is 12.2. The van der Waals surface area contributed by atoms with Crippen LogP contribution in [-0.4, -0.2) is 25.0 Å². The van der Waals surface area contributed by atoms with Gasteiger partial charge in [0.1, 0.15) is 19.0 Å². The maximum absolute atomic E-state index is 12.0. The topological polar surface area (TPSA) is 52.6 Å². The quantitative estimate of drug-likeness (QED) is 0.384. The molecule has 0 saturated heterocycles. The smallest absolute Gasteiger partial charge is 0.338 e. The standard InChI is InChI=1S/C21H18O4/c1-15(22)20-18-10-6-5-7-16(18)11-12-19(20)24-13-14-25-21(23)17-8-3-2-4-9-17/h2-12H,13-14H2,1H3. The van der Waals surface area contributed by atoms with E-state index >= 15 is 0 Å². The fourth-order valence-electron chi connectivity index (χ4n) is 2.68. The highest BCUT2D eigenvalue weighted by Gasteiger charge is 2.13. The average Bonchev–Trinajstić information content (AvgIpc) is 2.65. The van der Waals surface area contributed by atoms with Crippen molar-refractivity contribution in [3.8, 4) is 5.75 Å². The first-order valence-electron chi connectivity index (χ1n) is 8.04. The lowest BCUT2D eigenvalue weighted by atomic mass is 10.0. The van der Waals surface area contributed by atoms with Crippen LogP contribution >= 0.6 is 0 Å². The Morgan fingerprint density at radius 1 is 0.840 bits per heavy atom. The van der Waals surface area contributed by atoms with E-state index in [2.05, 4.69) is 0 Å². The first-order valence-corrected chi connectivity index (χ1v) is 8.04. The van der Waals surface area contributed by atoms with Crippen LogP contribution in [0.3, 0.4) is 0 Å². The molecule has 0 aliphatic carbocycles. The molecular formula is C21H18O4. The van der Waals surface area contributed by atoms with E-state index in [1.54, 1.807) is 30.3 Å². The van der Waals surface area contributed by atoms with Crippen molar-refractivity contribution in [1.82, 2.24) is 0 Å². The van der Waals surface area contributed by atoms with E-state index in [0.29, 0.717) is 16.9 Å². The van der Waals surface area contributed by atoms with E-state index < -0.39 is 5.97 Å². The number of ketones is 1. The van der Waals surface area contributed by atoms with Crippen molar-refractivity contribution in [2.75, 3.05) is 13.2 Å². The molecule has 0 aromatic heterocycles. The van der Waals surface area contributed by atoms with Gasteiger partial charge in [0.15, 0.2) is 5.78 Å². The number of rotatable bonds is 6. The van der Waals surface area contributed by atoms with Gasteiger partial charge in [-0.15, -0.1) is 0 Å². The summed E-state index contributed by atoms with van der Waals surface area (Å²) >= 11 is 0. The van der Waals surface area contributed by atoms with Gasteiger partial charge in [-0.25, -0.2) is 4.79 Å². The summed E-state index contributed by atoms with van der Waals surface area (Å²) in [5.74, 6) is 0.0459. The van der Waals surface area contributed by atoms with Crippen LogP contribution < -0.4 is 4.74 Å². The zero-order valence-electron chi connectivity index (χ0n) is 13.9. The van der Waals surface area contributed by atoms with Gasteiger partial charge in [-0.05, 0) is 35.9 Å². The zero-order valence-corrected chi connectivity index (χ0v) is 13.9. The maximum Gasteiger partial charge on any atom is 0.338 e. The number of esters is 1. The fourth-order valence-corrected chi connectivity index (χ4v) is 2.68. The van der Waals surface area contributed by atoms with Crippen molar-refractivity contribution >= 4 is 22.5 Å². The Kier molecular flexibility index (Phi) is 5.09. The molecule has 0 radical (unpaired) electrons. The van der Waals surface area contributed by atoms with E-state index in [1.165, 1.54) is 6.92 Å². The summed E-state index contributed by atoms with van der Waals surface area (Å²) < 4.78 is 10.9. The van der Waals surface area contributed by atoms with Gasteiger partial charge in [-0.1, -0.05) is 48.5 Å². The van der Waals surface area contributed by atoms with Crippen LogP contribution in [0.15, 0.2) is 66.7 Å². The minimum absolute atomic E-state index is 0.0620. The fraction of sp³-hybridized carbons (Fsp3) is 0.143. The van der Waals surface area contributed by atoms with Crippen molar-refractivity contribution in [3.05, 3.63) is 77.9 Å². The lowest BCUT2D eigenvalue weighted by molar-refractivity contribution is 0.0449. The third kappa shape index (κ3) is 3.86. The Balaban J connectivity index is 1.66. The van der Waals surface area contributed by atoms with E-state index in [-0.39, 0.29) is 19.0 Å². The molecule has 0 heterocycles. The van der Waals surface area contributed by atoms with Crippen LogP contribution in [0.1, 0.15) is 27.6 Å². The number of benzene rings is 3. The van der Waals surface area contributed by atoms with Gasteiger partial charge in [0, 0.05) is 0 Å². The van der Waals surface area contributed by atoms with Crippen LogP contribution in [0, 0.1) is 0 Å². The van der Waals surface area contributed by atoms with Gasteiger partial charge in [-0.2, -0.15) is 0 Å². The van der Waals surface area contributed by atoms with Crippen LogP contribution in [0.25, 0.3) is 10.8 Å². The van der Waals surface area contributed by atoms with Gasteiger partial charge in [0.05, 0.1) is 11.1 Å². The molecule has 0 unspecified atom stereocenters. The van der Waals surface area contributed by atoms with Gasteiger partial charge in [0.25, 0.3) is 0 Å². The second-order valence-corrected chi connectivity index (χ2v) is 5.57. The largest absolute Gasteiger partial charge is 0.489 e. The van der Waals surface area contributed by atoms with Crippen LogP contribution in [0.5, 0.6) is 5.75 Å². The summed E-state index contributed by atoms with van der Waals surface area (Å²) in [5.41, 5.74) is 1.05. The van der Waals surface area contributed by atoms with E-state index in [9.17, 15) is 9.59 Å². The molecule has 0 fully saturated rings. The lowest BCUT2D eigenvalue weighted by Crippen LogP contribution is -2.13. The van der Waals surface area contributed by atoms with Crippen molar-refractivity contribution in [3.63, 3.8) is 0 Å². The molecule has 0 amide bonds. The molecule has 25 heavy (non-hydrogen) atoms. The molecule has 0 N–H and O–H groups in total. The van der Waals surface area contributed by atoms with Gasteiger partial charge in [0.2, 0.25) is 0 Å². The van der Waals surface area contributed by atoms with Gasteiger partial charge in [-0.3, -0.25) is 4.79 Å². The Morgan fingerprint density at radius 3 is 2.32 bits per heavy atom. The summed E-state index contributed by atoms with van der Waals surface area (Å²) in [6, 6.07) is 20.1. The first kappa shape index (κ1) is 16.7. The monoisotopic (exact) mass is 334 g/mol. The van der Waals surface area contributed by atoms with Crippen LogP contribution in [0.4, 0.5) is 0 Å². The number of carbonyl (C=O) groups is 2. The van der Waals surface area contributed by atoms with E-state index in [4.69, 9.17) is 9.47 Å². The molecule has 3 rings (SSSR count). The molecule has 0 bridgehead atoms. The normalized spacial score (nSPS) is 10.4. The van der Waals surface area contributed by atoms with Crippen LogP contribution in [0.2, 0.25) is 0 Å². The molecule has 3 aromatic rings. The molecule has 0 aliphatic rings. The molecule has 0 saturated carbocycles. The van der Waals surface area contributed by atoms with Crippen molar-refractivity contribution in [1.29, 1.82) is 0 Å². The summed E-state index contributed by atoms with van der Waals surface area (Å²) in [7, 11) is 0. The summed E-state index contributed by atoms with van der Waals surface area (Å²) in [5, 5.41) is 1.84. The molecule has 126 valence electrons. The Labute approximate surface area is 146 Å². The lowest BCUT2D eigenvalue weighted by Gasteiger charge is -2.12. The number of fused-ring (bicyclic) bond motifs is 1. The number of Topliss-reactive ketones (excluding diaryl/α,β-unsaturated/α-hetero) is 1. The predicted octanol–water partition coefficient (Wildman–Crippen LogP) is 4.28. The van der Waals surface area contributed by atoms with Gasteiger partial charge < -0.3 is 9.47 Å². The molecular weight excluding hydrogens is 316 g/mol. The van der Waals surface area contributed by atoms with E-state index in [1.807, 2.05) is 36.4 Å². The number of hydrogen-bond donors (Lipinski definition) is 0. The minimum Gasteiger partial charge on any atom is -0.489 e. The maximum atomic E-state index is 12.0. The SMILES string of the molecule is CC(=O)c1c(OCCOC(=O)c2ccccc2)ccc2ccccc12. The highest BCUT2D eigenvalue weighted by Crippen LogP contribution is 2.28. The average molecular weight is 334 g/mol. The third-order valence-corrected chi connectivity index (χ3v) is 3.83. The summed E-state index contributed by atoms with van der Waals surface area (Å²) in [4.78, 5) is 23.9. The second kappa shape index (κ2) is 7.62. The molecule has 0 atom stereocenters. The number of ether oxygens (including phenoxy) is 2. The third-order valence-electron chi connectivity index (χ3n) is 3.83. The number of carbonyl (C=O) groups excluding carboxylic acids is 2.